The van der Waals surface area contributed by atoms with Crippen LogP contribution in [0.25, 0.3) is 11.3 Å². The maximum atomic E-state index is 13.4. The summed E-state index contributed by atoms with van der Waals surface area (Å²) in [6.45, 7) is 0.485. The van der Waals surface area contributed by atoms with Crippen molar-refractivity contribution in [3.05, 3.63) is 100 Å². The number of aromatic amines is 1. The van der Waals surface area contributed by atoms with Gasteiger partial charge >= 0.3 is 0 Å². The lowest BCUT2D eigenvalue weighted by molar-refractivity contribution is 0.0730. The molecule has 7 heteroatoms. The van der Waals surface area contributed by atoms with Gasteiger partial charge in [0.15, 0.2) is 0 Å². The summed E-state index contributed by atoms with van der Waals surface area (Å²) < 4.78 is 0. The van der Waals surface area contributed by atoms with E-state index in [1.54, 1.807) is 24.2 Å². The van der Waals surface area contributed by atoms with Gasteiger partial charge in [-0.1, -0.05) is 35.9 Å². The number of nitrogens with zero attached hydrogens (tertiary/aromatic N) is 3. The van der Waals surface area contributed by atoms with Gasteiger partial charge in [0.2, 0.25) is 0 Å². The van der Waals surface area contributed by atoms with E-state index in [0.717, 1.165) is 27.9 Å². The molecule has 0 fully saturated rings. The van der Waals surface area contributed by atoms with Crippen LogP contribution in [-0.4, -0.2) is 32.2 Å². The molecule has 0 bridgehead atoms. The number of hydrogen-bond donors (Lipinski definition) is 1. The second kappa shape index (κ2) is 8.21. The third kappa shape index (κ3) is 3.62. The molecular weight excluding hydrogens is 428 g/mol. The zero-order chi connectivity index (χ0) is 21.4. The maximum Gasteiger partial charge on any atom is 0.273 e. The number of pyridine rings is 1. The van der Waals surface area contributed by atoms with Gasteiger partial charge in [-0.2, -0.15) is 5.10 Å². The van der Waals surface area contributed by atoms with Crippen LogP contribution in [0.4, 0.5) is 0 Å². The maximum absolute atomic E-state index is 13.4. The molecule has 31 heavy (non-hydrogen) atoms. The SMILES string of the molecule is CSc1ccc(C2c3c(-c4ccc(Cl)cc4)n[nH]c3C(=O)N2Cc2ccncc2)cc1. The molecule has 5 rings (SSSR count). The number of amides is 1. The molecule has 0 aliphatic carbocycles. The van der Waals surface area contributed by atoms with Gasteiger partial charge in [0.05, 0.1) is 11.7 Å². The van der Waals surface area contributed by atoms with Gasteiger partial charge in [-0.05, 0) is 53.8 Å². The topological polar surface area (TPSA) is 61.9 Å². The molecule has 4 aromatic rings. The van der Waals surface area contributed by atoms with Crippen LogP contribution in [0.2, 0.25) is 5.02 Å². The van der Waals surface area contributed by atoms with Crippen molar-refractivity contribution in [2.24, 2.45) is 0 Å². The number of benzene rings is 2. The van der Waals surface area contributed by atoms with Gasteiger partial charge in [-0.25, -0.2) is 0 Å². The lowest BCUT2D eigenvalue weighted by Gasteiger charge is -2.26. The smallest absolute Gasteiger partial charge is 0.273 e. The molecule has 1 atom stereocenters. The van der Waals surface area contributed by atoms with E-state index >= 15 is 0 Å². The minimum absolute atomic E-state index is 0.0570. The Balaban J connectivity index is 1.63. The number of nitrogens with one attached hydrogen (secondary N) is 1. The van der Waals surface area contributed by atoms with Crippen LogP contribution in [0.5, 0.6) is 0 Å². The van der Waals surface area contributed by atoms with E-state index in [0.29, 0.717) is 17.3 Å². The van der Waals surface area contributed by atoms with Crippen molar-refractivity contribution in [2.45, 2.75) is 17.5 Å². The first kappa shape index (κ1) is 19.8. The fourth-order valence-electron chi connectivity index (χ4n) is 4.01. The number of halogens is 1. The summed E-state index contributed by atoms with van der Waals surface area (Å²) in [5.41, 5.74) is 5.22. The van der Waals surface area contributed by atoms with E-state index in [-0.39, 0.29) is 11.9 Å². The lowest BCUT2D eigenvalue weighted by Crippen LogP contribution is -2.29. The second-order valence-corrected chi connectivity index (χ2v) is 8.65. The number of rotatable bonds is 5. The zero-order valence-electron chi connectivity index (χ0n) is 16.7. The van der Waals surface area contributed by atoms with E-state index in [1.807, 2.05) is 41.3 Å². The first-order valence-corrected chi connectivity index (χ1v) is 11.4. The number of carbonyl (C=O) groups is 1. The van der Waals surface area contributed by atoms with Gasteiger partial charge in [0.25, 0.3) is 5.91 Å². The van der Waals surface area contributed by atoms with Crippen LogP contribution >= 0.6 is 23.4 Å². The largest absolute Gasteiger partial charge is 0.322 e. The van der Waals surface area contributed by atoms with Crippen molar-refractivity contribution in [1.29, 1.82) is 0 Å². The first-order valence-electron chi connectivity index (χ1n) is 9.83. The Morgan fingerprint density at radius 1 is 1.03 bits per heavy atom. The highest BCUT2D eigenvalue weighted by Crippen LogP contribution is 2.43. The normalized spacial score (nSPS) is 15.4. The van der Waals surface area contributed by atoms with Crippen molar-refractivity contribution >= 4 is 29.3 Å². The Morgan fingerprint density at radius 2 is 1.74 bits per heavy atom. The Labute approximate surface area is 189 Å². The quantitative estimate of drug-likeness (QED) is 0.406. The van der Waals surface area contributed by atoms with Gasteiger partial charge in [-0.15, -0.1) is 11.8 Å². The first-order chi connectivity index (χ1) is 15.2. The van der Waals surface area contributed by atoms with Gasteiger partial charge < -0.3 is 4.90 Å². The summed E-state index contributed by atoms with van der Waals surface area (Å²) >= 11 is 7.78. The summed E-state index contributed by atoms with van der Waals surface area (Å²) in [4.78, 5) is 20.6. The van der Waals surface area contributed by atoms with Crippen LogP contribution in [0.3, 0.4) is 0 Å². The number of hydrogen-bond acceptors (Lipinski definition) is 4. The predicted octanol–water partition coefficient (Wildman–Crippen LogP) is 5.59. The van der Waals surface area contributed by atoms with Crippen LogP contribution in [0, 0.1) is 0 Å². The molecule has 1 aliphatic heterocycles. The van der Waals surface area contributed by atoms with Crippen LogP contribution in [0.15, 0.2) is 78.0 Å². The molecule has 2 aromatic carbocycles. The molecule has 1 aliphatic rings. The third-order valence-corrected chi connectivity index (χ3v) is 6.51. The van der Waals surface area contributed by atoms with Crippen molar-refractivity contribution in [2.75, 3.05) is 6.26 Å². The van der Waals surface area contributed by atoms with Crippen molar-refractivity contribution in [3.8, 4) is 11.3 Å². The molecule has 0 saturated carbocycles. The summed E-state index contributed by atoms with van der Waals surface area (Å²) in [5, 5.41) is 8.17. The molecule has 0 radical (unpaired) electrons. The monoisotopic (exact) mass is 446 g/mol. The van der Waals surface area contributed by atoms with Crippen LogP contribution in [-0.2, 0) is 6.54 Å². The number of aromatic nitrogens is 3. The van der Waals surface area contributed by atoms with E-state index < -0.39 is 0 Å². The van der Waals surface area contributed by atoms with Crippen LogP contribution in [0.1, 0.15) is 33.2 Å². The average molecular weight is 447 g/mol. The molecule has 1 unspecified atom stereocenters. The standard InChI is InChI=1S/C24H19ClN4OS/c1-31-19-8-4-17(5-9-19)23-20-21(16-2-6-18(25)7-3-16)27-28-22(20)24(30)29(23)14-15-10-12-26-13-11-15/h2-13,23H,14H2,1H3,(H,27,28). The zero-order valence-corrected chi connectivity index (χ0v) is 18.3. The Kier molecular flexibility index (Phi) is 5.26. The number of thioether (sulfide) groups is 1. The third-order valence-electron chi connectivity index (χ3n) is 5.52. The second-order valence-electron chi connectivity index (χ2n) is 7.33. The van der Waals surface area contributed by atoms with Crippen LogP contribution < -0.4 is 0 Å². The fraction of sp³-hybridized carbons (Fsp3) is 0.125. The van der Waals surface area contributed by atoms with E-state index in [1.165, 1.54) is 4.90 Å². The average Bonchev–Trinajstić information content (AvgIpc) is 3.35. The van der Waals surface area contributed by atoms with Gasteiger partial charge in [-0.3, -0.25) is 14.9 Å². The molecule has 3 heterocycles. The van der Waals surface area contributed by atoms with E-state index in [2.05, 4.69) is 45.7 Å². The molecule has 5 nitrogen and oxygen atoms in total. The highest BCUT2D eigenvalue weighted by atomic mass is 35.5. The molecule has 1 N–H and O–H groups in total. The van der Waals surface area contributed by atoms with E-state index in [9.17, 15) is 4.79 Å². The molecule has 154 valence electrons. The summed E-state index contributed by atoms with van der Waals surface area (Å²) in [6.07, 6.45) is 5.55. The van der Waals surface area contributed by atoms with Crippen molar-refractivity contribution in [1.82, 2.24) is 20.1 Å². The minimum Gasteiger partial charge on any atom is -0.322 e. The predicted molar refractivity (Wildman–Crippen MR) is 123 cm³/mol. The highest BCUT2D eigenvalue weighted by molar-refractivity contribution is 7.98. The molecule has 0 saturated heterocycles. The number of fused-ring (bicyclic) bond motifs is 1. The number of carbonyl (C=O) groups excluding carboxylic acids is 1. The van der Waals surface area contributed by atoms with Crippen molar-refractivity contribution in [3.63, 3.8) is 0 Å². The molecule has 1 amide bonds. The Hall–Kier alpha value is -3.09. The summed E-state index contributed by atoms with van der Waals surface area (Å²) in [5.74, 6) is -0.0570. The lowest BCUT2D eigenvalue weighted by atomic mass is 9.96. The van der Waals surface area contributed by atoms with Gasteiger partial charge in [0.1, 0.15) is 5.69 Å². The highest BCUT2D eigenvalue weighted by Gasteiger charge is 2.42. The minimum atomic E-state index is -0.240. The van der Waals surface area contributed by atoms with Crippen molar-refractivity contribution < 1.29 is 4.79 Å². The number of H-pyrrole nitrogens is 1. The Bertz CT molecular complexity index is 1220. The molecular formula is C24H19ClN4OS. The van der Waals surface area contributed by atoms with Gasteiger partial charge in [0, 0.05) is 40.0 Å². The molecule has 2 aromatic heterocycles. The van der Waals surface area contributed by atoms with E-state index in [4.69, 9.17) is 11.6 Å². The summed E-state index contributed by atoms with van der Waals surface area (Å²) in [7, 11) is 0. The summed E-state index contributed by atoms with van der Waals surface area (Å²) in [6, 6.07) is 19.6. The fourth-order valence-corrected chi connectivity index (χ4v) is 4.54. The molecule has 0 spiro atoms. The Morgan fingerprint density at radius 3 is 2.42 bits per heavy atom.